The summed E-state index contributed by atoms with van der Waals surface area (Å²) in [5.41, 5.74) is 2.63. The summed E-state index contributed by atoms with van der Waals surface area (Å²) in [6, 6.07) is 7.52. The Morgan fingerprint density at radius 3 is 2.26 bits per heavy atom. The van der Waals surface area contributed by atoms with Crippen LogP contribution in [0.15, 0.2) is 24.3 Å². The summed E-state index contributed by atoms with van der Waals surface area (Å²) in [6.45, 7) is 2.18. The van der Waals surface area contributed by atoms with Crippen molar-refractivity contribution in [2.24, 2.45) is 11.8 Å². The molecule has 1 unspecified atom stereocenters. The largest absolute Gasteiger partial charge is 0.493 e. The number of methoxy groups -OCH3 is 4. The predicted molar refractivity (Wildman–Crippen MR) is 146 cm³/mol. The Morgan fingerprint density at radius 2 is 1.58 bits per heavy atom. The highest BCUT2D eigenvalue weighted by atomic mass is 32.1. The van der Waals surface area contributed by atoms with E-state index in [0.29, 0.717) is 41.9 Å². The maximum atomic E-state index is 13.1. The van der Waals surface area contributed by atoms with E-state index in [0.717, 1.165) is 65.1 Å². The number of carbonyl (C=O) groups excluding carboxylic acids is 2. The zero-order valence-electron chi connectivity index (χ0n) is 22.4. The molecule has 8 nitrogen and oxygen atoms in total. The molecule has 1 atom stereocenters. The van der Waals surface area contributed by atoms with Crippen molar-refractivity contribution in [2.45, 2.75) is 32.1 Å². The van der Waals surface area contributed by atoms with Crippen molar-refractivity contribution in [1.82, 2.24) is 9.88 Å². The molecular weight excluding hydrogens is 504 g/mol. The van der Waals surface area contributed by atoms with E-state index in [1.54, 1.807) is 28.4 Å². The lowest BCUT2D eigenvalue weighted by Gasteiger charge is -2.32. The van der Waals surface area contributed by atoms with Gasteiger partial charge in [-0.3, -0.25) is 14.5 Å². The Kier molecular flexibility index (Phi) is 7.85. The van der Waals surface area contributed by atoms with Crippen LogP contribution in [0.25, 0.3) is 10.2 Å². The molecule has 5 rings (SSSR count). The number of benzene rings is 2. The lowest BCUT2D eigenvalue weighted by Crippen LogP contribution is -2.38. The van der Waals surface area contributed by atoms with Gasteiger partial charge < -0.3 is 18.9 Å². The van der Waals surface area contributed by atoms with Gasteiger partial charge in [-0.2, -0.15) is 0 Å². The maximum absolute atomic E-state index is 13.1. The SMILES string of the molecule is COc1cc2c(cc1OC)C(=O)C(CC1CCN(CC(=O)Cc3nc4cc(OC)c(OC)cc4s3)CC1)C2. The first-order chi connectivity index (χ1) is 18.4. The van der Waals surface area contributed by atoms with Crippen molar-refractivity contribution in [3.63, 3.8) is 0 Å². The fraction of sp³-hybridized carbons (Fsp3) is 0.483. The van der Waals surface area contributed by atoms with E-state index in [1.807, 2.05) is 24.3 Å². The first-order valence-electron chi connectivity index (χ1n) is 13.0. The molecule has 202 valence electrons. The van der Waals surface area contributed by atoms with E-state index in [9.17, 15) is 9.59 Å². The molecule has 2 aliphatic rings. The molecule has 9 heteroatoms. The lowest BCUT2D eigenvalue weighted by atomic mass is 9.85. The first-order valence-corrected chi connectivity index (χ1v) is 13.8. The van der Waals surface area contributed by atoms with Gasteiger partial charge in [0.05, 0.1) is 51.6 Å². The topological polar surface area (TPSA) is 87.2 Å². The van der Waals surface area contributed by atoms with Gasteiger partial charge in [0.1, 0.15) is 5.01 Å². The summed E-state index contributed by atoms with van der Waals surface area (Å²) < 4.78 is 22.5. The molecule has 3 aromatic rings. The molecule has 38 heavy (non-hydrogen) atoms. The molecule has 2 heterocycles. The van der Waals surface area contributed by atoms with Crippen LogP contribution in [0.2, 0.25) is 0 Å². The number of likely N-dealkylation sites (tertiary alicyclic amines) is 1. The quantitative estimate of drug-likeness (QED) is 0.370. The summed E-state index contributed by atoms with van der Waals surface area (Å²) >= 11 is 1.52. The van der Waals surface area contributed by atoms with Crippen LogP contribution >= 0.6 is 11.3 Å². The number of rotatable bonds is 10. The number of carbonyl (C=O) groups is 2. The predicted octanol–water partition coefficient (Wildman–Crippen LogP) is 4.60. The number of aromatic nitrogens is 1. The van der Waals surface area contributed by atoms with Gasteiger partial charge in [0.15, 0.2) is 34.6 Å². The van der Waals surface area contributed by atoms with Crippen molar-refractivity contribution >= 4 is 33.1 Å². The van der Waals surface area contributed by atoms with Gasteiger partial charge >= 0.3 is 0 Å². The van der Waals surface area contributed by atoms with Crippen LogP contribution in [0.5, 0.6) is 23.0 Å². The minimum absolute atomic E-state index is 0.0104. The Hall–Kier alpha value is -3.17. The molecule has 1 aromatic heterocycles. The normalized spacial score (nSPS) is 18.0. The lowest BCUT2D eigenvalue weighted by molar-refractivity contribution is -0.119. The molecule has 1 fully saturated rings. The third-order valence-electron chi connectivity index (χ3n) is 7.72. The van der Waals surface area contributed by atoms with Gasteiger partial charge in [0, 0.05) is 23.6 Å². The summed E-state index contributed by atoms with van der Waals surface area (Å²) in [6.07, 6.45) is 3.97. The van der Waals surface area contributed by atoms with E-state index >= 15 is 0 Å². The number of ketones is 2. The number of Topliss-reactive ketones (excluding diaryl/α,β-unsaturated/α-hetero) is 2. The van der Waals surface area contributed by atoms with Gasteiger partial charge in [0.25, 0.3) is 0 Å². The molecular formula is C29H34N2O6S. The smallest absolute Gasteiger partial charge is 0.166 e. The van der Waals surface area contributed by atoms with Crippen LogP contribution < -0.4 is 18.9 Å². The third-order valence-corrected chi connectivity index (χ3v) is 8.74. The van der Waals surface area contributed by atoms with E-state index < -0.39 is 0 Å². The van der Waals surface area contributed by atoms with Gasteiger partial charge in [-0.1, -0.05) is 0 Å². The van der Waals surface area contributed by atoms with Crippen LogP contribution in [0.4, 0.5) is 0 Å². The molecule has 0 bridgehead atoms. The van der Waals surface area contributed by atoms with Gasteiger partial charge in [-0.05, 0) is 62.4 Å². The number of fused-ring (bicyclic) bond motifs is 2. The van der Waals surface area contributed by atoms with E-state index in [1.165, 1.54) is 11.3 Å². The number of piperidine rings is 1. The second kappa shape index (κ2) is 11.3. The zero-order valence-corrected chi connectivity index (χ0v) is 23.2. The Morgan fingerprint density at radius 1 is 0.947 bits per heavy atom. The average Bonchev–Trinajstić information content (AvgIpc) is 3.46. The van der Waals surface area contributed by atoms with Crippen molar-refractivity contribution in [3.8, 4) is 23.0 Å². The van der Waals surface area contributed by atoms with Crippen LogP contribution in [0.3, 0.4) is 0 Å². The standard InChI is InChI=1S/C29H34N2O6S/c1-34-23-11-18-10-19(29(33)21(18)13-24(23)35-2)9-17-5-7-31(8-6-17)16-20(32)12-28-30-22-14-25(36-3)26(37-4)15-27(22)38-28/h11,13-15,17,19H,5-10,12,16H2,1-4H3. The van der Waals surface area contributed by atoms with Crippen LogP contribution in [-0.4, -0.2) is 69.5 Å². The van der Waals surface area contributed by atoms with Gasteiger partial charge in [-0.15, -0.1) is 11.3 Å². The molecule has 1 aliphatic heterocycles. The summed E-state index contributed by atoms with van der Waals surface area (Å²) in [4.78, 5) is 32.8. The Balaban J connectivity index is 1.12. The molecule has 1 saturated heterocycles. The molecule has 0 radical (unpaired) electrons. The van der Waals surface area contributed by atoms with Crippen LogP contribution in [-0.2, 0) is 17.6 Å². The second-order valence-corrected chi connectivity index (χ2v) is 11.2. The summed E-state index contributed by atoms with van der Waals surface area (Å²) in [5.74, 6) is 3.45. The highest BCUT2D eigenvalue weighted by Crippen LogP contribution is 2.40. The molecule has 2 aromatic carbocycles. The van der Waals surface area contributed by atoms with Crippen molar-refractivity contribution in [2.75, 3.05) is 48.1 Å². The maximum Gasteiger partial charge on any atom is 0.166 e. The highest BCUT2D eigenvalue weighted by Gasteiger charge is 2.34. The molecule has 1 aliphatic carbocycles. The monoisotopic (exact) mass is 538 g/mol. The minimum atomic E-state index is 0.0104. The highest BCUT2D eigenvalue weighted by molar-refractivity contribution is 7.18. The summed E-state index contributed by atoms with van der Waals surface area (Å²) in [7, 11) is 6.42. The van der Waals surface area contributed by atoms with E-state index in [4.69, 9.17) is 18.9 Å². The molecule has 0 spiro atoms. The van der Waals surface area contributed by atoms with Gasteiger partial charge in [-0.25, -0.2) is 4.98 Å². The summed E-state index contributed by atoms with van der Waals surface area (Å²) in [5, 5.41) is 0.808. The minimum Gasteiger partial charge on any atom is -0.493 e. The van der Waals surface area contributed by atoms with E-state index in [2.05, 4.69) is 9.88 Å². The number of hydrogen-bond donors (Lipinski definition) is 0. The Bertz CT molecular complexity index is 1300. The van der Waals surface area contributed by atoms with E-state index in [-0.39, 0.29) is 17.5 Å². The fourth-order valence-corrected chi connectivity index (χ4v) is 6.73. The second-order valence-electron chi connectivity index (χ2n) is 10.1. The fourth-order valence-electron chi connectivity index (χ4n) is 5.72. The van der Waals surface area contributed by atoms with Crippen molar-refractivity contribution in [1.29, 1.82) is 0 Å². The van der Waals surface area contributed by atoms with Crippen LogP contribution in [0, 0.1) is 11.8 Å². The average molecular weight is 539 g/mol. The van der Waals surface area contributed by atoms with Crippen molar-refractivity contribution in [3.05, 3.63) is 40.4 Å². The number of thiazole rings is 1. The van der Waals surface area contributed by atoms with Crippen molar-refractivity contribution < 1.29 is 28.5 Å². The third kappa shape index (κ3) is 5.35. The number of ether oxygens (including phenoxy) is 4. The molecule has 0 saturated carbocycles. The zero-order chi connectivity index (χ0) is 26.8. The Labute approximate surface area is 226 Å². The molecule has 0 N–H and O–H groups in total. The van der Waals surface area contributed by atoms with Crippen LogP contribution in [0.1, 0.15) is 40.2 Å². The first kappa shape index (κ1) is 26.4. The molecule has 0 amide bonds. The van der Waals surface area contributed by atoms with Gasteiger partial charge in [0.2, 0.25) is 0 Å². The number of hydrogen-bond acceptors (Lipinski definition) is 9. The number of nitrogens with zero attached hydrogens (tertiary/aromatic N) is 2.